The van der Waals surface area contributed by atoms with E-state index in [0.29, 0.717) is 32.2 Å². The maximum atomic E-state index is 12.9. The number of hydrogen-bond acceptors (Lipinski definition) is 3. The van der Waals surface area contributed by atoms with Gasteiger partial charge in [0.2, 0.25) is 5.91 Å². The number of halogens is 2. The summed E-state index contributed by atoms with van der Waals surface area (Å²) in [5, 5.41) is 5.85. The summed E-state index contributed by atoms with van der Waals surface area (Å²) >= 11 is 0. The van der Waals surface area contributed by atoms with Crippen molar-refractivity contribution in [1.29, 1.82) is 0 Å². The van der Waals surface area contributed by atoms with Crippen molar-refractivity contribution < 1.29 is 13.9 Å². The predicted octanol–water partition coefficient (Wildman–Crippen LogP) is 1.60. The number of hydrogen-bond donors (Lipinski definition) is 2. The Morgan fingerprint density at radius 2 is 1.96 bits per heavy atom. The van der Waals surface area contributed by atoms with Gasteiger partial charge in [-0.2, -0.15) is 0 Å². The van der Waals surface area contributed by atoms with Crippen LogP contribution in [0, 0.1) is 5.82 Å². The van der Waals surface area contributed by atoms with Crippen LogP contribution in [0.15, 0.2) is 29.3 Å². The molecule has 1 aromatic rings. The van der Waals surface area contributed by atoms with E-state index < -0.39 is 0 Å². The van der Waals surface area contributed by atoms with Crippen LogP contribution in [-0.4, -0.2) is 57.2 Å². The van der Waals surface area contributed by atoms with Crippen molar-refractivity contribution in [2.45, 2.75) is 13.5 Å². The summed E-state index contributed by atoms with van der Waals surface area (Å²) in [4.78, 5) is 17.9. The van der Waals surface area contributed by atoms with E-state index in [2.05, 4.69) is 15.6 Å². The molecule has 2 N–H and O–H groups in total. The number of ether oxygens (including phenoxy) is 1. The van der Waals surface area contributed by atoms with Gasteiger partial charge in [0.25, 0.3) is 0 Å². The summed E-state index contributed by atoms with van der Waals surface area (Å²) < 4.78 is 17.8. The van der Waals surface area contributed by atoms with Crippen molar-refractivity contribution in [3.8, 4) is 0 Å². The first-order valence-electron chi connectivity index (χ1n) is 7.56. The first kappa shape index (κ1) is 22.6. The van der Waals surface area contributed by atoms with Gasteiger partial charge >= 0.3 is 0 Å². The Morgan fingerprint density at radius 3 is 2.54 bits per heavy atom. The van der Waals surface area contributed by atoms with E-state index in [9.17, 15) is 9.18 Å². The Balaban J connectivity index is 0.00000529. The van der Waals surface area contributed by atoms with Crippen LogP contribution >= 0.6 is 24.0 Å². The molecule has 0 aliphatic carbocycles. The normalized spacial score (nSPS) is 10.8. The molecule has 1 rings (SSSR count). The van der Waals surface area contributed by atoms with Crippen molar-refractivity contribution in [2.75, 3.05) is 40.4 Å². The zero-order valence-corrected chi connectivity index (χ0v) is 16.7. The van der Waals surface area contributed by atoms with Crippen LogP contribution in [0.25, 0.3) is 0 Å². The van der Waals surface area contributed by atoms with E-state index in [1.54, 1.807) is 19.2 Å². The van der Waals surface area contributed by atoms with Gasteiger partial charge in [0, 0.05) is 33.8 Å². The quantitative estimate of drug-likeness (QED) is 0.272. The molecule has 24 heavy (non-hydrogen) atoms. The summed E-state index contributed by atoms with van der Waals surface area (Å²) in [7, 11) is 3.45. The minimum atomic E-state index is -0.260. The molecule has 0 atom stereocenters. The highest BCUT2D eigenvalue weighted by atomic mass is 127. The third kappa shape index (κ3) is 9.02. The molecule has 0 bridgehead atoms. The first-order valence-corrected chi connectivity index (χ1v) is 7.56. The molecule has 0 aliphatic rings. The SMILES string of the molecule is CCNC(=NCC(=O)NCCOC)N(C)Cc1ccc(F)cc1.I. The molecule has 0 spiro atoms. The Kier molecular flexibility index (Phi) is 12.2. The molecule has 0 aliphatic heterocycles. The van der Waals surface area contributed by atoms with Gasteiger partial charge in [0.15, 0.2) is 5.96 Å². The average molecular weight is 452 g/mol. The molecule has 8 heteroatoms. The zero-order valence-electron chi connectivity index (χ0n) is 14.3. The van der Waals surface area contributed by atoms with Crippen LogP contribution in [0.1, 0.15) is 12.5 Å². The highest BCUT2D eigenvalue weighted by molar-refractivity contribution is 14.0. The molecule has 0 fully saturated rings. The van der Waals surface area contributed by atoms with E-state index in [4.69, 9.17) is 4.74 Å². The fraction of sp³-hybridized carbons (Fsp3) is 0.500. The number of amides is 1. The minimum absolute atomic E-state index is 0. The van der Waals surface area contributed by atoms with Crippen molar-refractivity contribution in [2.24, 2.45) is 4.99 Å². The second-order valence-electron chi connectivity index (χ2n) is 5.00. The summed E-state index contributed by atoms with van der Waals surface area (Å²) in [6, 6.07) is 6.31. The molecular weight excluding hydrogens is 426 g/mol. The second kappa shape index (κ2) is 12.9. The summed E-state index contributed by atoms with van der Waals surface area (Å²) in [6.07, 6.45) is 0. The van der Waals surface area contributed by atoms with Crippen LogP contribution in [0.2, 0.25) is 0 Å². The average Bonchev–Trinajstić information content (AvgIpc) is 2.53. The third-order valence-corrected chi connectivity index (χ3v) is 3.03. The highest BCUT2D eigenvalue weighted by Gasteiger charge is 2.08. The lowest BCUT2D eigenvalue weighted by Gasteiger charge is -2.22. The molecule has 0 aromatic heterocycles. The number of methoxy groups -OCH3 is 1. The van der Waals surface area contributed by atoms with Crippen LogP contribution in [0.4, 0.5) is 4.39 Å². The van der Waals surface area contributed by atoms with Crippen LogP contribution in [0.5, 0.6) is 0 Å². The van der Waals surface area contributed by atoms with Crippen LogP contribution in [-0.2, 0) is 16.1 Å². The number of guanidine groups is 1. The van der Waals surface area contributed by atoms with Gasteiger partial charge in [-0.3, -0.25) is 4.79 Å². The standard InChI is InChI=1S/C16H25FN4O2.HI/c1-4-18-16(20-11-15(22)19-9-10-23-3)21(2)12-13-5-7-14(17)8-6-13;/h5-8H,4,9-12H2,1-3H3,(H,18,20)(H,19,22);1H. The molecule has 0 saturated heterocycles. The number of aliphatic imine (C=N–C) groups is 1. The molecular formula is C16H26FIN4O2. The monoisotopic (exact) mass is 452 g/mol. The van der Waals surface area contributed by atoms with Crippen LogP contribution in [0.3, 0.4) is 0 Å². The largest absolute Gasteiger partial charge is 0.383 e. The number of carbonyl (C=O) groups is 1. The van der Waals surface area contributed by atoms with E-state index in [1.165, 1.54) is 12.1 Å². The van der Waals surface area contributed by atoms with E-state index in [-0.39, 0.29) is 42.2 Å². The lowest BCUT2D eigenvalue weighted by molar-refractivity contribution is -0.119. The smallest absolute Gasteiger partial charge is 0.241 e. The maximum Gasteiger partial charge on any atom is 0.241 e. The lowest BCUT2D eigenvalue weighted by atomic mass is 10.2. The minimum Gasteiger partial charge on any atom is -0.383 e. The molecule has 1 amide bonds. The zero-order chi connectivity index (χ0) is 17.1. The van der Waals surface area contributed by atoms with Crippen molar-refractivity contribution in [3.05, 3.63) is 35.6 Å². The highest BCUT2D eigenvalue weighted by Crippen LogP contribution is 2.05. The molecule has 1 aromatic carbocycles. The number of nitrogens with zero attached hydrogens (tertiary/aromatic N) is 2. The number of carbonyl (C=O) groups excluding carboxylic acids is 1. The third-order valence-electron chi connectivity index (χ3n) is 3.03. The van der Waals surface area contributed by atoms with Crippen molar-refractivity contribution in [3.63, 3.8) is 0 Å². The molecule has 0 unspecified atom stereocenters. The molecule has 136 valence electrons. The van der Waals surface area contributed by atoms with Gasteiger partial charge in [-0.15, -0.1) is 24.0 Å². The molecule has 6 nitrogen and oxygen atoms in total. The summed E-state index contributed by atoms with van der Waals surface area (Å²) in [5.74, 6) is 0.205. The maximum absolute atomic E-state index is 12.9. The fourth-order valence-electron chi connectivity index (χ4n) is 1.90. The summed E-state index contributed by atoms with van der Waals surface area (Å²) in [5.41, 5.74) is 0.962. The first-order chi connectivity index (χ1) is 11.1. The van der Waals surface area contributed by atoms with E-state index >= 15 is 0 Å². The molecule has 0 heterocycles. The lowest BCUT2D eigenvalue weighted by Crippen LogP contribution is -2.39. The van der Waals surface area contributed by atoms with Gasteiger partial charge < -0.3 is 20.3 Å². The van der Waals surface area contributed by atoms with Gasteiger partial charge in [-0.25, -0.2) is 9.38 Å². The summed E-state index contributed by atoms with van der Waals surface area (Å²) in [6.45, 7) is 4.20. The fourth-order valence-corrected chi connectivity index (χ4v) is 1.90. The van der Waals surface area contributed by atoms with Gasteiger partial charge in [0.05, 0.1) is 6.61 Å². The number of benzene rings is 1. The van der Waals surface area contributed by atoms with Crippen molar-refractivity contribution >= 4 is 35.8 Å². The number of nitrogens with one attached hydrogen (secondary N) is 2. The molecule has 0 radical (unpaired) electrons. The van der Waals surface area contributed by atoms with Gasteiger partial charge in [0.1, 0.15) is 12.4 Å². The Bertz CT molecular complexity index is 511. The van der Waals surface area contributed by atoms with Gasteiger partial charge in [-0.05, 0) is 24.6 Å². The van der Waals surface area contributed by atoms with Gasteiger partial charge in [-0.1, -0.05) is 12.1 Å². The van der Waals surface area contributed by atoms with E-state index in [0.717, 1.165) is 5.56 Å². The second-order valence-corrected chi connectivity index (χ2v) is 5.00. The molecule has 0 saturated carbocycles. The van der Waals surface area contributed by atoms with E-state index in [1.807, 2.05) is 18.9 Å². The number of rotatable bonds is 8. The Morgan fingerprint density at radius 1 is 1.29 bits per heavy atom. The Hall–Kier alpha value is -1.42. The van der Waals surface area contributed by atoms with Crippen LogP contribution < -0.4 is 10.6 Å². The topological polar surface area (TPSA) is 66.0 Å². The Labute approximate surface area is 159 Å². The predicted molar refractivity (Wildman–Crippen MR) is 104 cm³/mol. The van der Waals surface area contributed by atoms with Crippen molar-refractivity contribution in [1.82, 2.24) is 15.5 Å².